The van der Waals surface area contributed by atoms with Crippen molar-refractivity contribution in [3.8, 4) is 0 Å². The number of methoxy groups -OCH3 is 2. The summed E-state index contributed by atoms with van der Waals surface area (Å²) in [5.74, 6) is -0.459. The first kappa shape index (κ1) is 37.9. The van der Waals surface area contributed by atoms with E-state index in [1.807, 2.05) is 0 Å². The third-order valence-electron chi connectivity index (χ3n) is 6.97. The number of hydrogen-bond acceptors (Lipinski definition) is 8. The van der Waals surface area contributed by atoms with Crippen LogP contribution in [0.3, 0.4) is 0 Å². The van der Waals surface area contributed by atoms with Gasteiger partial charge in [-0.2, -0.15) is 0 Å². The van der Waals surface area contributed by atoms with E-state index in [0.29, 0.717) is 6.54 Å². The molecule has 2 atom stereocenters. The summed E-state index contributed by atoms with van der Waals surface area (Å²) in [7, 11) is 6.15. The number of hydrogen-bond donors (Lipinski definition) is 2. The summed E-state index contributed by atoms with van der Waals surface area (Å²) in [6.45, 7) is 2.73. The first-order valence-electron chi connectivity index (χ1n) is 15.4. The van der Waals surface area contributed by atoms with Gasteiger partial charge >= 0.3 is 18.2 Å². The Labute approximate surface area is 243 Å². The van der Waals surface area contributed by atoms with Crippen molar-refractivity contribution in [3.63, 3.8) is 0 Å². The van der Waals surface area contributed by atoms with Crippen LogP contribution in [0.25, 0.3) is 0 Å². The zero-order chi connectivity index (χ0) is 29.8. The molecule has 0 spiro atoms. The second-order valence-corrected chi connectivity index (χ2v) is 10.7. The average molecular weight is 574 g/mol. The normalized spacial score (nSPS) is 12.6. The Balaban J connectivity index is 3.66. The zero-order valence-electron chi connectivity index (χ0n) is 26.1. The summed E-state index contributed by atoms with van der Waals surface area (Å²) in [6, 6.07) is -0.628. The average Bonchev–Trinajstić information content (AvgIpc) is 2.94. The predicted octanol–water partition coefficient (Wildman–Crippen LogP) is 5.82. The van der Waals surface area contributed by atoms with Gasteiger partial charge in [-0.25, -0.2) is 9.59 Å². The summed E-state index contributed by atoms with van der Waals surface area (Å²) in [4.78, 5) is 37.2. The molecule has 10 nitrogen and oxygen atoms in total. The summed E-state index contributed by atoms with van der Waals surface area (Å²) in [5, 5.41) is 5.27. The van der Waals surface area contributed by atoms with Crippen molar-refractivity contribution in [3.05, 3.63) is 0 Å². The lowest BCUT2D eigenvalue weighted by atomic mass is 10.0. The van der Waals surface area contributed by atoms with E-state index in [4.69, 9.17) is 18.9 Å². The van der Waals surface area contributed by atoms with Crippen molar-refractivity contribution >= 4 is 18.2 Å². The quantitative estimate of drug-likeness (QED) is 0.0756. The van der Waals surface area contributed by atoms with Gasteiger partial charge in [-0.3, -0.25) is 9.69 Å². The minimum absolute atomic E-state index is 0.0361. The smallest absolute Gasteiger partial charge is 0.407 e. The highest BCUT2D eigenvalue weighted by Gasteiger charge is 2.23. The zero-order valence-corrected chi connectivity index (χ0v) is 26.1. The number of ether oxygens (including phenoxy) is 4. The maximum atomic E-state index is 11.9. The van der Waals surface area contributed by atoms with Gasteiger partial charge in [0.15, 0.2) is 0 Å². The van der Waals surface area contributed by atoms with Crippen LogP contribution >= 0.6 is 0 Å². The Kier molecular flexibility index (Phi) is 25.7. The van der Waals surface area contributed by atoms with Crippen LogP contribution in [0, 0.1) is 0 Å². The van der Waals surface area contributed by atoms with Crippen molar-refractivity contribution in [2.45, 2.75) is 122 Å². The molecule has 0 aromatic heterocycles. The van der Waals surface area contributed by atoms with Gasteiger partial charge < -0.3 is 29.6 Å². The van der Waals surface area contributed by atoms with Crippen LogP contribution in [0.15, 0.2) is 0 Å². The van der Waals surface area contributed by atoms with Gasteiger partial charge in [0.2, 0.25) is 0 Å². The molecule has 0 aromatic rings. The van der Waals surface area contributed by atoms with Crippen LogP contribution in [0.1, 0.15) is 110 Å². The fourth-order valence-electron chi connectivity index (χ4n) is 4.28. The standard InChI is InChI=1S/C30H59N3O7/c1-6-7-8-9-10-11-12-13-14-15-16-17-18-19-20-21-22-31-29(35)39-24-26(37-4)25-40-30(36)32-23-27(33(2)3)28(34)38-5/h26-27H,6-25H2,1-5H3,(H,31,35)(H,32,36). The molecular formula is C30H59N3O7. The Morgan fingerprint density at radius 2 is 1.07 bits per heavy atom. The highest BCUT2D eigenvalue weighted by atomic mass is 16.6. The molecule has 2 amide bonds. The monoisotopic (exact) mass is 573 g/mol. The number of carbonyl (C=O) groups is 3. The Bertz CT molecular complexity index is 634. The van der Waals surface area contributed by atoms with Gasteiger partial charge in [0.25, 0.3) is 0 Å². The van der Waals surface area contributed by atoms with Gasteiger partial charge in [-0.1, -0.05) is 103 Å². The molecule has 0 radical (unpaired) electrons. The van der Waals surface area contributed by atoms with E-state index in [2.05, 4.69) is 17.6 Å². The molecule has 0 saturated heterocycles. The number of nitrogens with one attached hydrogen (secondary N) is 2. The Morgan fingerprint density at radius 3 is 1.48 bits per heavy atom. The third-order valence-corrected chi connectivity index (χ3v) is 6.97. The topological polar surface area (TPSA) is 115 Å². The van der Waals surface area contributed by atoms with E-state index in [-0.39, 0.29) is 19.8 Å². The fraction of sp³-hybridized carbons (Fsp3) is 0.900. The molecule has 0 fully saturated rings. The summed E-state index contributed by atoms with van der Waals surface area (Å²) in [5.41, 5.74) is 0. The third kappa shape index (κ3) is 22.7. The van der Waals surface area contributed by atoms with Gasteiger partial charge in [-0.05, 0) is 20.5 Å². The van der Waals surface area contributed by atoms with E-state index in [0.717, 1.165) is 12.8 Å². The van der Waals surface area contributed by atoms with Crippen molar-refractivity contribution in [2.75, 3.05) is 54.6 Å². The maximum Gasteiger partial charge on any atom is 0.407 e. The number of esters is 1. The minimum Gasteiger partial charge on any atom is -0.468 e. The van der Waals surface area contributed by atoms with Crippen LogP contribution in [-0.4, -0.2) is 89.8 Å². The van der Waals surface area contributed by atoms with Crippen molar-refractivity contribution in [1.82, 2.24) is 15.5 Å². The molecular weight excluding hydrogens is 514 g/mol. The number of carbonyl (C=O) groups excluding carboxylic acids is 3. The largest absolute Gasteiger partial charge is 0.468 e. The molecule has 40 heavy (non-hydrogen) atoms. The molecule has 2 N–H and O–H groups in total. The molecule has 236 valence electrons. The predicted molar refractivity (Wildman–Crippen MR) is 159 cm³/mol. The number of nitrogens with zero attached hydrogens (tertiary/aromatic N) is 1. The van der Waals surface area contributed by atoms with Crippen LogP contribution in [0.2, 0.25) is 0 Å². The molecule has 10 heteroatoms. The molecule has 0 aromatic carbocycles. The Hall–Kier alpha value is -2.07. The number of alkyl carbamates (subject to hydrolysis) is 2. The van der Waals surface area contributed by atoms with Crippen molar-refractivity contribution in [1.29, 1.82) is 0 Å². The minimum atomic E-state index is -0.703. The molecule has 0 heterocycles. The Morgan fingerprint density at radius 1 is 0.650 bits per heavy atom. The lowest BCUT2D eigenvalue weighted by Crippen LogP contribution is -2.46. The molecule has 2 unspecified atom stereocenters. The van der Waals surface area contributed by atoms with E-state index >= 15 is 0 Å². The van der Waals surface area contributed by atoms with Gasteiger partial charge in [0.05, 0.1) is 7.11 Å². The van der Waals surface area contributed by atoms with E-state index in [9.17, 15) is 14.4 Å². The summed E-state index contributed by atoms with van der Waals surface area (Å²) < 4.78 is 20.2. The van der Waals surface area contributed by atoms with Crippen LogP contribution < -0.4 is 10.6 Å². The van der Waals surface area contributed by atoms with Gasteiger partial charge in [0, 0.05) is 20.2 Å². The number of likely N-dealkylation sites (N-methyl/N-ethyl adjacent to an activating group) is 1. The maximum absolute atomic E-state index is 11.9. The highest BCUT2D eigenvalue weighted by molar-refractivity contribution is 5.77. The van der Waals surface area contributed by atoms with Crippen LogP contribution in [0.4, 0.5) is 9.59 Å². The van der Waals surface area contributed by atoms with Crippen molar-refractivity contribution in [2.24, 2.45) is 0 Å². The molecule has 0 aliphatic heterocycles. The number of unbranched alkanes of at least 4 members (excludes halogenated alkanes) is 15. The second-order valence-electron chi connectivity index (χ2n) is 10.7. The molecule has 0 rings (SSSR count). The van der Waals surface area contributed by atoms with Crippen LogP contribution in [-0.2, 0) is 23.7 Å². The lowest BCUT2D eigenvalue weighted by molar-refractivity contribution is -0.145. The molecule has 0 aliphatic carbocycles. The highest BCUT2D eigenvalue weighted by Crippen LogP contribution is 2.13. The number of rotatable bonds is 26. The first-order valence-corrected chi connectivity index (χ1v) is 15.4. The fourth-order valence-corrected chi connectivity index (χ4v) is 4.28. The van der Waals surface area contributed by atoms with E-state index in [1.54, 1.807) is 19.0 Å². The summed E-state index contributed by atoms with van der Waals surface area (Å²) >= 11 is 0. The van der Waals surface area contributed by atoms with Gasteiger partial charge in [0.1, 0.15) is 25.4 Å². The molecule has 0 bridgehead atoms. The summed E-state index contributed by atoms with van der Waals surface area (Å²) in [6.07, 6.45) is 19.1. The van der Waals surface area contributed by atoms with Gasteiger partial charge in [-0.15, -0.1) is 0 Å². The lowest BCUT2D eigenvalue weighted by Gasteiger charge is -2.22. The van der Waals surface area contributed by atoms with E-state index in [1.165, 1.54) is 104 Å². The first-order chi connectivity index (χ1) is 19.3. The SMILES string of the molecule is CCCCCCCCCCCCCCCCCCNC(=O)OCC(COC(=O)NCC(C(=O)OC)N(C)C)OC. The second kappa shape index (κ2) is 27.1. The molecule has 0 aliphatic rings. The van der Waals surface area contributed by atoms with E-state index < -0.39 is 30.3 Å². The van der Waals surface area contributed by atoms with Crippen molar-refractivity contribution < 1.29 is 33.3 Å². The molecule has 0 saturated carbocycles. The number of amides is 2. The van der Waals surface area contributed by atoms with Crippen LogP contribution in [0.5, 0.6) is 0 Å².